The smallest absolute Gasteiger partial charge is 0.366 e. The highest BCUT2D eigenvalue weighted by atomic mass is 35.5. The Kier molecular flexibility index (Phi) is 6.61. The van der Waals surface area contributed by atoms with E-state index in [0.29, 0.717) is 32.4 Å². The predicted octanol–water partition coefficient (Wildman–Crippen LogP) is 3.79. The maximum absolute atomic E-state index is 15.0. The minimum absolute atomic E-state index is 0. The fourth-order valence-corrected chi connectivity index (χ4v) is 4.30. The van der Waals surface area contributed by atoms with E-state index in [0.717, 1.165) is 12.3 Å². The molecule has 6 nitrogen and oxygen atoms in total. The van der Waals surface area contributed by atoms with Crippen molar-refractivity contribution in [1.82, 2.24) is 4.57 Å². The van der Waals surface area contributed by atoms with Crippen LogP contribution >= 0.6 is 24.0 Å². The lowest BCUT2D eigenvalue weighted by atomic mass is 10.0. The number of hydrogen-bond donors (Lipinski definition) is 1. The number of halogens is 6. The minimum Gasteiger partial charge on any atom is -0.366 e. The monoisotopic (exact) mass is 495 g/mol. The van der Waals surface area contributed by atoms with Crippen LogP contribution in [-0.2, 0) is 4.79 Å². The molecule has 32 heavy (non-hydrogen) atoms. The Labute approximate surface area is 190 Å². The van der Waals surface area contributed by atoms with E-state index in [1.165, 1.54) is 4.57 Å². The van der Waals surface area contributed by atoms with E-state index in [9.17, 15) is 31.9 Å². The lowest BCUT2D eigenvalue weighted by molar-refractivity contribution is -0.170. The fourth-order valence-electron chi connectivity index (χ4n) is 3.89. The summed E-state index contributed by atoms with van der Waals surface area (Å²) in [6.07, 6.45) is -3.51. The van der Waals surface area contributed by atoms with Crippen molar-refractivity contribution in [1.29, 1.82) is 0 Å². The third-order valence-electron chi connectivity index (χ3n) is 5.60. The molecule has 0 radical (unpaired) electrons. The molecule has 2 fully saturated rings. The third kappa shape index (κ3) is 4.35. The number of benzene rings is 1. The Morgan fingerprint density at radius 2 is 1.88 bits per heavy atom. The largest absolute Gasteiger partial charge is 0.450 e. The highest BCUT2D eigenvalue weighted by Gasteiger charge is 2.40. The maximum Gasteiger partial charge on any atom is 0.450 e. The summed E-state index contributed by atoms with van der Waals surface area (Å²) < 4.78 is 54.2. The van der Waals surface area contributed by atoms with Crippen molar-refractivity contribution < 1.29 is 27.2 Å². The number of ketones is 2. The Bertz CT molecular complexity index is 1160. The van der Waals surface area contributed by atoms with E-state index in [-0.39, 0.29) is 46.1 Å². The molecule has 174 valence electrons. The average molecular weight is 496 g/mol. The summed E-state index contributed by atoms with van der Waals surface area (Å²) in [5.41, 5.74) is 4.66. The number of alkyl halides is 3. The van der Waals surface area contributed by atoms with Crippen LogP contribution < -0.4 is 16.1 Å². The first-order valence-electron chi connectivity index (χ1n) is 9.69. The zero-order valence-electron chi connectivity index (χ0n) is 16.5. The summed E-state index contributed by atoms with van der Waals surface area (Å²) >= 11 is 6.53. The van der Waals surface area contributed by atoms with Crippen LogP contribution in [0.2, 0.25) is 5.02 Å². The number of carbonyl (C=O) groups excluding carboxylic acids is 2. The topological polar surface area (TPSA) is 85.4 Å². The second kappa shape index (κ2) is 8.64. The van der Waals surface area contributed by atoms with Crippen molar-refractivity contribution >= 4 is 52.2 Å². The summed E-state index contributed by atoms with van der Waals surface area (Å²) in [7, 11) is 0. The van der Waals surface area contributed by atoms with Crippen molar-refractivity contribution in [2.24, 2.45) is 5.73 Å². The Morgan fingerprint density at radius 3 is 2.41 bits per heavy atom. The van der Waals surface area contributed by atoms with Gasteiger partial charge in [0.25, 0.3) is 0 Å². The van der Waals surface area contributed by atoms with E-state index in [2.05, 4.69) is 0 Å². The van der Waals surface area contributed by atoms with E-state index >= 15 is 0 Å². The maximum atomic E-state index is 15.0. The second-order valence-electron chi connectivity index (χ2n) is 7.94. The summed E-state index contributed by atoms with van der Waals surface area (Å²) in [5, 5.41) is -0.231. The number of Topliss-reactive ketones (excluding diaryl/α,β-unsaturated/α-hetero) is 2. The number of anilines is 1. The predicted molar refractivity (Wildman–Crippen MR) is 114 cm³/mol. The van der Waals surface area contributed by atoms with Gasteiger partial charge in [-0.15, -0.1) is 12.4 Å². The molecule has 0 amide bonds. The molecule has 2 heterocycles. The number of nitrogens with two attached hydrogens (primary N) is 1. The number of rotatable bonds is 5. The van der Waals surface area contributed by atoms with Crippen molar-refractivity contribution in [2.75, 3.05) is 18.0 Å². The molecule has 4 rings (SSSR count). The van der Waals surface area contributed by atoms with Crippen LogP contribution in [0.4, 0.5) is 23.2 Å². The summed E-state index contributed by atoms with van der Waals surface area (Å²) in [6, 6.07) is 0.664. The molecule has 2 aliphatic rings. The van der Waals surface area contributed by atoms with Gasteiger partial charge in [0.1, 0.15) is 5.82 Å². The van der Waals surface area contributed by atoms with Gasteiger partial charge in [0, 0.05) is 31.4 Å². The standard InChI is InChI=1S/C20H18ClF4N3O3.ClH/c21-16-17-11(5-13(22)18(16)27-4-3-9(26)7-27)19(31)12(8-28(17)10-1-2-10)14(29)6-15(30)20(23,24)25;/h5,8-10H,1-4,6-7,26H2;1H/t9-;/m1./s1. The molecule has 1 aromatic carbocycles. The van der Waals surface area contributed by atoms with Gasteiger partial charge >= 0.3 is 6.18 Å². The highest BCUT2D eigenvalue weighted by molar-refractivity contribution is 6.38. The molecule has 0 unspecified atom stereocenters. The molecule has 1 aliphatic carbocycles. The normalized spacial score (nSPS) is 18.7. The first-order valence-corrected chi connectivity index (χ1v) is 10.1. The van der Waals surface area contributed by atoms with E-state index in [4.69, 9.17) is 17.3 Å². The Hall–Kier alpha value is -2.17. The van der Waals surface area contributed by atoms with E-state index in [1.807, 2.05) is 0 Å². The van der Waals surface area contributed by atoms with Crippen molar-refractivity contribution in [3.63, 3.8) is 0 Å². The lowest BCUT2D eigenvalue weighted by Crippen LogP contribution is -2.29. The molecule has 1 aromatic heterocycles. The molecule has 12 heteroatoms. The third-order valence-corrected chi connectivity index (χ3v) is 5.96. The van der Waals surface area contributed by atoms with E-state index in [1.54, 1.807) is 4.90 Å². The van der Waals surface area contributed by atoms with Crippen molar-refractivity contribution in [2.45, 2.75) is 43.9 Å². The number of hydrogen-bond acceptors (Lipinski definition) is 5. The van der Waals surface area contributed by atoms with E-state index < -0.39 is 41.0 Å². The van der Waals surface area contributed by atoms with Gasteiger partial charge in [0.2, 0.25) is 5.78 Å². The van der Waals surface area contributed by atoms with Crippen molar-refractivity contribution in [3.8, 4) is 0 Å². The summed E-state index contributed by atoms with van der Waals surface area (Å²) in [6.45, 7) is 0.860. The SMILES string of the molecule is Cl.N[C@@H]1CCN(c2c(F)cc3c(=O)c(C(=O)CC(=O)C(F)(F)F)cn(C4CC4)c3c2Cl)C1. The molecule has 1 saturated carbocycles. The minimum atomic E-state index is -5.19. The van der Waals surface area contributed by atoms with Gasteiger partial charge in [0.05, 0.1) is 33.6 Å². The average Bonchev–Trinajstić information content (AvgIpc) is 3.43. The van der Waals surface area contributed by atoms with Gasteiger partial charge in [0.15, 0.2) is 11.2 Å². The van der Waals surface area contributed by atoms with Crippen LogP contribution in [0.5, 0.6) is 0 Å². The number of aromatic nitrogens is 1. The van der Waals surface area contributed by atoms with Crippen LogP contribution in [0.3, 0.4) is 0 Å². The van der Waals surface area contributed by atoms with Crippen molar-refractivity contribution in [3.05, 3.63) is 38.9 Å². The lowest BCUT2D eigenvalue weighted by Gasteiger charge is -2.23. The first kappa shape index (κ1) is 24.5. The fraction of sp³-hybridized carbons (Fsp3) is 0.450. The van der Waals surface area contributed by atoms with Crippen LogP contribution in [0.25, 0.3) is 10.9 Å². The zero-order chi connectivity index (χ0) is 22.7. The van der Waals surface area contributed by atoms with Crippen LogP contribution in [-0.4, -0.2) is 41.4 Å². The molecule has 1 saturated heterocycles. The van der Waals surface area contributed by atoms with Crippen LogP contribution in [0.15, 0.2) is 17.1 Å². The Balaban J connectivity index is 0.00000289. The highest BCUT2D eigenvalue weighted by Crippen LogP contribution is 2.42. The van der Waals surface area contributed by atoms with Gasteiger partial charge < -0.3 is 15.2 Å². The van der Waals surface area contributed by atoms with Gasteiger partial charge in [-0.1, -0.05) is 11.6 Å². The number of carbonyl (C=O) groups is 2. The van der Waals surface area contributed by atoms with Gasteiger partial charge in [-0.25, -0.2) is 4.39 Å². The molecule has 2 aromatic rings. The molecule has 2 N–H and O–H groups in total. The number of pyridine rings is 1. The number of fused-ring (bicyclic) bond motifs is 1. The van der Waals surface area contributed by atoms with Crippen LogP contribution in [0, 0.1) is 5.82 Å². The number of nitrogens with zero attached hydrogens (tertiary/aromatic N) is 2. The molecule has 0 bridgehead atoms. The van der Waals surface area contributed by atoms with Crippen LogP contribution in [0.1, 0.15) is 42.1 Å². The summed E-state index contributed by atoms with van der Waals surface area (Å²) in [4.78, 5) is 38.2. The molecular weight excluding hydrogens is 477 g/mol. The Morgan fingerprint density at radius 1 is 1.22 bits per heavy atom. The van der Waals surface area contributed by atoms with Gasteiger partial charge in [-0.05, 0) is 25.3 Å². The molecule has 0 spiro atoms. The molecule has 1 atom stereocenters. The molecular formula is C20H19Cl2F4N3O3. The second-order valence-corrected chi connectivity index (χ2v) is 8.32. The molecule has 1 aliphatic heterocycles. The van der Waals surface area contributed by atoms with Gasteiger partial charge in [-0.3, -0.25) is 14.4 Å². The van der Waals surface area contributed by atoms with Gasteiger partial charge in [-0.2, -0.15) is 13.2 Å². The summed E-state index contributed by atoms with van der Waals surface area (Å²) in [5.74, 6) is -4.31. The first-order chi connectivity index (χ1) is 14.5. The zero-order valence-corrected chi connectivity index (χ0v) is 18.1. The quantitative estimate of drug-likeness (QED) is 0.387.